The summed E-state index contributed by atoms with van der Waals surface area (Å²) in [7, 11) is 0. The second kappa shape index (κ2) is 8.46. The van der Waals surface area contributed by atoms with Crippen LogP contribution in [0.1, 0.15) is 43.7 Å². The summed E-state index contributed by atoms with van der Waals surface area (Å²) in [6, 6.07) is 10.4. The van der Waals surface area contributed by atoms with Crippen LogP contribution < -0.4 is 5.32 Å². The first-order valence-corrected chi connectivity index (χ1v) is 8.98. The van der Waals surface area contributed by atoms with Gasteiger partial charge in [0.15, 0.2) is 0 Å². The molecule has 1 saturated carbocycles. The van der Waals surface area contributed by atoms with E-state index in [9.17, 15) is 4.79 Å². The fourth-order valence-corrected chi connectivity index (χ4v) is 3.62. The summed E-state index contributed by atoms with van der Waals surface area (Å²) in [5, 5.41) is 3.33. The molecule has 0 unspecified atom stereocenters. The van der Waals surface area contributed by atoms with Crippen molar-refractivity contribution in [1.82, 2.24) is 10.2 Å². The maximum absolute atomic E-state index is 12.7. The molecule has 1 amide bonds. The van der Waals surface area contributed by atoms with Crippen molar-refractivity contribution in [2.45, 2.75) is 38.1 Å². The van der Waals surface area contributed by atoms with Gasteiger partial charge < -0.3 is 10.1 Å². The molecule has 1 aliphatic heterocycles. The molecule has 1 N–H and O–H groups in total. The zero-order chi connectivity index (χ0) is 15.9. The fourth-order valence-electron chi connectivity index (χ4n) is 3.62. The van der Waals surface area contributed by atoms with Crippen LogP contribution in [0.5, 0.6) is 0 Å². The van der Waals surface area contributed by atoms with Crippen LogP contribution in [0.25, 0.3) is 0 Å². The van der Waals surface area contributed by atoms with Gasteiger partial charge in [0.05, 0.1) is 19.3 Å². The molecule has 2 fully saturated rings. The molecule has 23 heavy (non-hydrogen) atoms. The molecule has 1 aromatic rings. The van der Waals surface area contributed by atoms with E-state index in [0.717, 1.165) is 45.7 Å². The largest absolute Gasteiger partial charge is 0.379 e. The van der Waals surface area contributed by atoms with Crippen LogP contribution in [-0.2, 0) is 9.53 Å². The number of ether oxygens (including phenoxy) is 1. The molecule has 1 aromatic carbocycles. The summed E-state index contributed by atoms with van der Waals surface area (Å²) in [6.45, 7) is 4.34. The van der Waals surface area contributed by atoms with E-state index in [1.807, 2.05) is 6.07 Å². The first kappa shape index (κ1) is 16.5. The van der Waals surface area contributed by atoms with Crippen LogP contribution in [0.4, 0.5) is 0 Å². The van der Waals surface area contributed by atoms with Gasteiger partial charge >= 0.3 is 0 Å². The molecule has 1 aliphatic carbocycles. The Hall–Kier alpha value is -1.39. The minimum absolute atomic E-state index is 0.0729. The number of amides is 1. The number of morpholine rings is 1. The highest BCUT2D eigenvalue weighted by Gasteiger charge is 2.25. The van der Waals surface area contributed by atoms with Crippen molar-refractivity contribution in [2.75, 3.05) is 32.8 Å². The van der Waals surface area contributed by atoms with E-state index >= 15 is 0 Å². The zero-order valence-electron chi connectivity index (χ0n) is 13.9. The van der Waals surface area contributed by atoms with Crippen LogP contribution in [0.2, 0.25) is 0 Å². The number of nitrogens with zero attached hydrogens (tertiary/aromatic N) is 1. The smallest absolute Gasteiger partial charge is 0.223 e. The normalized spacial score (nSPS) is 21.7. The third-order valence-electron chi connectivity index (χ3n) is 5.04. The lowest BCUT2D eigenvalue weighted by Gasteiger charge is -2.32. The number of rotatable bonds is 5. The maximum atomic E-state index is 12.7. The first-order chi connectivity index (χ1) is 11.3. The average molecular weight is 316 g/mol. The summed E-state index contributed by atoms with van der Waals surface area (Å²) in [5.41, 5.74) is 1.20. The van der Waals surface area contributed by atoms with Gasteiger partial charge in [-0.15, -0.1) is 0 Å². The van der Waals surface area contributed by atoms with Gasteiger partial charge in [0.25, 0.3) is 0 Å². The Bertz CT molecular complexity index is 479. The standard InChI is InChI=1S/C19H28N2O2/c22-19(17-9-5-2-6-10-17)20-18(16-7-3-1-4-8-16)15-21-11-13-23-14-12-21/h1,3-4,7-8,17-18H,2,5-6,9-15H2,(H,20,22)/t18-/m0/s1. The van der Waals surface area contributed by atoms with E-state index in [1.54, 1.807) is 0 Å². The van der Waals surface area contributed by atoms with Crippen molar-refractivity contribution < 1.29 is 9.53 Å². The van der Waals surface area contributed by atoms with E-state index in [0.29, 0.717) is 0 Å². The van der Waals surface area contributed by atoms with Gasteiger partial charge in [-0.25, -0.2) is 0 Å². The van der Waals surface area contributed by atoms with Gasteiger partial charge in [0, 0.05) is 25.6 Å². The molecular weight excluding hydrogens is 288 g/mol. The second-order valence-corrected chi connectivity index (χ2v) is 6.72. The minimum Gasteiger partial charge on any atom is -0.379 e. The van der Waals surface area contributed by atoms with Crippen molar-refractivity contribution in [3.05, 3.63) is 35.9 Å². The Morgan fingerprint density at radius 1 is 1.13 bits per heavy atom. The highest BCUT2D eigenvalue weighted by Crippen LogP contribution is 2.25. The van der Waals surface area contributed by atoms with Gasteiger partial charge in [-0.05, 0) is 18.4 Å². The van der Waals surface area contributed by atoms with Crippen molar-refractivity contribution in [2.24, 2.45) is 5.92 Å². The lowest BCUT2D eigenvalue weighted by Crippen LogP contribution is -2.44. The van der Waals surface area contributed by atoms with Crippen LogP contribution in [0.3, 0.4) is 0 Å². The Balaban J connectivity index is 1.65. The molecule has 0 radical (unpaired) electrons. The van der Waals surface area contributed by atoms with Crippen molar-refractivity contribution in [1.29, 1.82) is 0 Å². The monoisotopic (exact) mass is 316 g/mol. The predicted octanol–water partition coefficient (Wildman–Crippen LogP) is 2.76. The number of nitrogens with one attached hydrogen (secondary N) is 1. The number of benzene rings is 1. The van der Waals surface area contributed by atoms with E-state index in [4.69, 9.17) is 4.74 Å². The number of carbonyl (C=O) groups excluding carboxylic acids is 1. The third kappa shape index (κ3) is 4.79. The quantitative estimate of drug-likeness (QED) is 0.908. The highest BCUT2D eigenvalue weighted by atomic mass is 16.5. The Morgan fingerprint density at radius 2 is 1.83 bits per heavy atom. The fraction of sp³-hybridized carbons (Fsp3) is 0.632. The van der Waals surface area contributed by atoms with Gasteiger partial charge in [-0.3, -0.25) is 9.69 Å². The molecule has 4 heteroatoms. The van der Waals surface area contributed by atoms with Gasteiger partial charge in [0.1, 0.15) is 0 Å². The molecule has 4 nitrogen and oxygen atoms in total. The van der Waals surface area contributed by atoms with Crippen LogP contribution in [0.15, 0.2) is 30.3 Å². The van der Waals surface area contributed by atoms with Crippen molar-refractivity contribution in [3.63, 3.8) is 0 Å². The Morgan fingerprint density at radius 3 is 2.52 bits per heavy atom. The topological polar surface area (TPSA) is 41.6 Å². The molecule has 2 aliphatic rings. The summed E-state index contributed by atoms with van der Waals surface area (Å²) >= 11 is 0. The Kier molecular flexibility index (Phi) is 6.06. The van der Waals surface area contributed by atoms with E-state index in [2.05, 4.69) is 34.5 Å². The molecule has 1 saturated heterocycles. The van der Waals surface area contributed by atoms with Gasteiger partial charge in [-0.1, -0.05) is 49.6 Å². The maximum Gasteiger partial charge on any atom is 0.223 e. The van der Waals surface area contributed by atoms with Crippen molar-refractivity contribution in [3.8, 4) is 0 Å². The lowest BCUT2D eigenvalue weighted by molar-refractivity contribution is -0.126. The van der Waals surface area contributed by atoms with Crippen molar-refractivity contribution >= 4 is 5.91 Å². The Labute approximate surface area is 139 Å². The van der Waals surface area contributed by atoms with Gasteiger partial charge in [0.2, 0.25) is 5.91 Å². The van der Waals surface area contributed by atoms with E-state index < -0.39 is 0 Å². The summed E-state index contributed by atoms with van der Waals surface area (Å²) in [6.07, 6.45) is 5.75. The lowest BCUT2D eigenvalue weighted by atomic mass is 9.88. The van der Waals surface area contributed by atoms with Crippen LogP contribution in [-0.4, -0.2) is 43.7 Å². The van der Waals surface area contributed by atoms with Crippen LogP contribution >= 0.6 is 0 Å². The van der Waals surface area contributed by atoms with E-state index in [-0.39, 0.29) is 17.9 Å². The molecule has 3 rings (SSSR count). The molecule has 126 valence electrons. The third-order valence-corrected chi connectivity index (χ3v) is 5.04. The number of hydrogen-bond donors (Lipinski definition) is 1. The second-order valence-electron chi connectivity index (χ2n) is 6.72. The minimum atomic E-state index is 0.0729. The van der Waals surface area contributed by atoms with Gasteiger partial charge in [-0.2, -0.15) is 0 Å². The summed E-state index contributed by atoms with van der Waals surface area (Å²) in [4.78, 5) is 15.1. The SMILES string of the molecule is O=C(N[C@@H](CN1CCOCC1)c1ccccc1)C1CCCCC1. The molecular formula is C19H28N2O2. The van der Waals surface area contributed by atoms with E-state index in [1.165, 1.54) is 24.8 Å². The highest BCUT2D eigenvalue weighted by molar-refractivity contribution is 5.79. The number of hydrogen-bond acceptors (Lipinski definition) is 3. The molecule has 0 aromatic heterocycles. The zero-order valence-corrected chi connectivity index (χ0v) is 13.9. The van der Waals surface area contributed by atoms with Crippen LogP contribution in [0, 0.1) is 5.92 Å². The predicted molar refractivity (Wildman–Crippen MR) is 91.2 cm³/mol. The molecule has 1 heterocycles. The summed E-state index contributed by atoms with van der Waals surface area (Å²) < 4.78 is 5.43. The summed E-state index contributed by atoms with van der Waals surface area (Å²) in [5.74, 6) is 0.450. The average Bonchev–Trinajstić information content (AvgIpc) is 2.63. The first-order valence-electron chi connectivity index (χ1n) is 8.98. The molecule has 1 atom stereocenters. The molecule has 0 spiro atoms. The number of carbonyl (C=O) groups is 1. The molecule has 0 bridgehead atoms.